The van der Waals surface area contributed by atoms with Crippen LogP contribution in [0.25, 0.3) is 0 Å². The van der Waals surface area contributed by atoms with Crippen LogP contribution in [0.1, 0.15) is 5.56 Å². The maximum Gasteiger partial charge on any atom is 0.269 e. The van der Waals surface area contributed by atoms with Crippen LogP contribution in [0.3, 0.4) is 0 Å². The number of thioether (sulfide) groups is 1. The predicted octanol–water partition coefficient (Wildman–Crippen LogP) is 2.22. The Morgan fingerprint density at radius 3 is 2.70 bits per heavy atom. The first-order valence-corrected chi connectivity index (χ1v) is 9.34. The summed E-state index contributed by atoms with van der Waals surface area (Å²) >= 11 is 1.03. The van der Waals surface area contributed by atoms with E-state index in [1.54, 1.807) is 18.2 Å². The van der Waals surface area contributed by atoms with Crippen molar-refractivity contribution in [1.29, 1.82) is 0 Å². The Balaban J connectivity index is 1.52. The van der Waals surface area contributed by atoms with Crippen LogP contribution in [0.4, 0.5) is 21.7 Å². The average Bonchev–Trinajstić information content (AvgIpc) is 3.08. The van der Waals surface area contributed by atoms with E-state index in [1.165, 1.54) is 36.5 Å². The van der Waals surface area contributed by atoms with Crippen molar-refractivity contribution in [2.75, 3.05) is 22.3 Å². The van der Waals surface area contributed by atoms with Crippen molar-refractivity contribution < 1.29 is 14.1 Å². The number of hydrazone groups is 1. The number of anilines is 2. The van der Waals surface area contributed by atoms with Gasteiger partial charge >= 0.3 is 0 Å². The molecule has 0 aliphatic rings. The largest absolute Gasteiger partial charge is 0.334 e. The second kappa shape index (κ2) is 9.47. The van der Waals surface area contributed by atoms with E-state index in [2.05, 4.69) is 26.0 Å². The molecule has 30 heavy (non-hydrogen) atoms. The Morgan fingerprint density at radius 2 is 2.00 bits per heavy atom. The van der Waals surface area contributed by atoms with E-state index in [9.17, 15) is 19.3 Å². The molecular formula is C17H15FN8O3S. The van der Waals surface area contributed by atoms with Crippen LogP contribution in [0.2, 0.25) is 0 Å². The third-order valence-corrected chi connectivity index (χ3v) is 4.58. The number of benzene rings is 2. The van der Waals surface area contributed by atoms with Crippen molar-refractivity contribution in [3.63, 3.8) is 0 Å². The van der Waals surface area contributed by atoms with Crippen LogP contribution in [-0.4, -0.2) is 37.7 Å². The number of nitrogens with one attached hydrogen (secondary N) is 2. The van der Waals surface area contributed by atoms with Crippen molar-refractivity contribution in [2.24, 2.45) is 5.10 Å². The van der Waals surface area contributed by atoms with E-state index >= 15 is 0 Å². The number of nitrogen functional groups attached to an aromatic ring is 1. The highest BCUT2D eigenvalue weighted by molar-refractivity contribution is 7.99. The van der Waals surface area contributed by atoms with Gasteiger partial charge < -0.3 is 11.2 Å². The Bertz CT molecular complexity index is 1090. The topological polar surface area (TPSA) is 153 Å². The van der Waals surface area contributed by atoms with Gasteiger partial charge in [-0.15, -0.1) is 10.2 Å². The Kier molecular flexibility index (Phi) is 6.54. The third kappa shape index (κ3) is 5.29. The van der Waals surface area contributed by atoms with Crippen molar-refractivity contribution in [3.05, 3.63) is 70.0 Å². The lowest BCUT2D eigenvalue weighted by Crippen LogP contribution is -2.16. The third-order valence-electron chi connectivity index (χ3n) is 3.63. The molecule has 1 aromatic heterocycles. The molecule has 11 nitrogen and oxygen atoms in total. The van der Waals surface area contributed by atoms with Crippen LogP contribution < -0.4 is 16.6 Å². The van der Waals surface area contributed by atoms with Crippen molar-refractivity contribution in [1.82, 2.24) is 14.9 Å². The number of nitrogens with two attached hydrogens (primary N) is 1. The standard InChI is InChI=1S/C17H15FN8O3S/c18-14-4-2-1-3-11(14)9-20-22-16-23-24-17(25(16)19)30-10-15(27)21-12-5-7-13(8-6-12)26(28)29/h1-9H,10,19H2,(H,21,27)(H,22,23)/b20-9+. The number of hydrogen-bond donors (Lipinski definition) is 3. The maximum absolute atomic E-state index is 13.5. The van der Waals surface area contributed by atoms with Gasteiger partial charge in [-0.1, -0.05) is 30.0 Å². The zero-order valence-electron chi connectivity index (χ0n) is 15.2. The van der Waals surface area contributed by atoms with Crippen molar-refractivity contribution in [2.45, 2.75) is 5.16 Å². The minimum Gasteiger partial charge on any atom is -0.334 e. The zero-order valence-corrected chi connectivity index (χ0v) is 16.0. The van der Waals surface area contributed by atoms with E-state index in [1.807, 2.05) is 0 Å². The molecule has 0 aliphatic heterocycles. The number of nitro groups is 1. The summed E-state index contributed by atoms with van der Waals surface area (Å²) in [5, 5.41) is 25.0. The normalized spacial score (nSPS) is 10.8. The molecule has 0 unspecified atom stereocenters. The van der Waals surface area contributed by atoms with Gasteiger partial charge in [-0.2, -0.15) is 5.10 Å². The summed E-state index contributed by atoms with van der Waals surface area (Å²) < 4.78 is 14.6. The number of nitrogens with zero attached hydrogens (tertiary/aromatic N) is 5. The van der Waals surface area contributed by atoms with Crippen LogP contribution in [0.15, 0.2) is 58.8 Å². The van der Waals surface area contributed by atoms with E-state index in [4.69, 9.17) is 5.84 Å². The Morgan fingerprint density at radius 1 is 1.27 bits per heavy atom. The number of non-ortho nitro benzene ring substituents is 1. The van der Waals surface area contributed by atoms with Gasteiger partial charge in [-0.05, 0) is 18.2 Å². The minimum atomic E-state index is -0.526. The Labute approximate surface area is 173 Å². The van der Waals surface area contributed by atoms with Gasteiger partial charge in [0, 0.05) is 23.4 Å². The molecule has 0 spiro atoms. The minimum absolute atomic E-state index is 0.0230. The molecule has 0 atom stereocenters. The fourth-order valence-corrected chi connectivity index (χ4v) is 2.84. The second-order valence-electron chi connectivity index (χ2n) is 5.71. The van der Waals surface area contributed by atoms with Gasteiger partial charge in [-0.25, -0.2) is 14.5 Å². The molecule has 1 heterocycles. The van der Waals surface area contributed by atoms with Gasteiger partial charge in [0.05, 0.1) is 16.9 Å². The number of hydrogen-bond acceptors (Lipinski definition) is 9. The summed E-state index contributed by atoms with van der Waals surface area (Å²) in [5.41, 5.74) is 3.18. The highest BCUT2D eigenvalue weighted by atomic mass is 32.2. The number of carbonyl (C=O) groups excluding carboxylic acids is 1. The van der Waals surface area contributed by atoms with E-state index in [-0.39, 0.29) is 34.0 Å². The fraction of sp³-hybridized carbons (Fsp3) is 0.0588. The van der Waals surface area contributed by atoms with E-state index < -0.39 is 10.7 Å². The van der Waals surface area contributed by atoms with Crippen LogP contribution in [-0.2, 0) is 4.79 Å². The van der Waals surface area contributed by atoms with Gasteiger partial charge in [0.2, 0.25) is 11.1 Å². The maximum atomic E-state index is 13.5. The summed E-state index contributed by atoms with van der Waals surface area (Å²) in [4.78, 5) is 22.2. The van der Waals surface area contributed by atoms with Crippen LogP contribution >= 0.6 is 11.8 Å². The number of nitro benzene ring substituents is 1. The molecule has 13 heteroatoms. The number of carbonyl (C=O) groups is 1. The molecular weight excluding hydrogens is 415 g/mol. The lowest BCUT2D eigenvalue weighted by Gasteiger charge is -2.05. The molecule has 3 rings (SSSR count). The zero-order chi connectivity index (χ0) is 21.5. The first kappa shape index (κ1) is 20.7. The summed E-state index contributed by atoms with van der Waals surface area (Å²) in [7, 11) is 0. The molecule has 154 valence electrons. The molecule has 1 amide bonds. The molecule has 0 saturated carbocycles. The Hall–Kier alpha value is -4.00. The van der Waals surface area contributed by atoms with Gasteiger partial charge in [0.1, 0.15) is 5.82 Å². The number of amides is 1. The molecule has 0 bridgehead atoms. The molecule has 0 saturated heterocycles. The van der Waals surface area contributed by atoms with E-state index in [0.717, 1.165) is 16.4 Å². The lowest BCUT2D eigenvalue weighted by molar-refractivity contribution is -0.384. The number of halogens is 1. The average molecular weight is 430 g/mol. The van der Waals surface area contributed by atoms with Gasteiger partial charge in [0.25, 0.3) is 11.6 Å². The van der Waals surface area contributed by atoms with Gasteiger partial charge in [0.15, 0.2) is 0 Å². The summed E-state index contributed by atoms with van der Waals surface area (Å²) in [6, 6.07) is 11.5. The predicted molar refractivity (Wildman–Crippen MR) is 110 cm³/mol. The SMILES string of the molecule is Nn1c(N/N=C/c2ccccc2F)nnc1SCC(=O)Nc1ccc([N+](=O)[O-])cc1. The second-order valence-corrected chi connectivity index (χ2v) is 6.65. The molecule has 3 aromatic rings. The summed E-state index contributed by atoms with van der Waals surface area (Å²) in [6.45, 7) is 0. The van der Waals surface area contributed by atoms with Gasteiger partial charge in [-0.3, -0.25) is 14.9 Å². The molecule has 0 aliphatic carbocycles. The van der Waals surface area contributed by atoms with E-state index in [0.29, 0.717) is 5.69 Å². The first-order chi connectivity index (χ1) is 14.4. The highest BCUT2D eigenvalue weighted by Gasteiger charge is 2.12. The quantitative estimate of drug-likeness (QED) is 0.162. The first-order valence-electron chi connectivity index (χ1n) is 8.35. The smallest absolute Gasteiger partial charge is 0.269 e. The fourth-order valence-electron chi connectivity index (χ4n) is 2.18. The van der Waals surface area contributed by atoms with Crippen molar-refractivity contribution >= 4 is 41.2 Å². The number of aromatic nitrogens is 3. The monoisotopic (exact) mass is 430 g/mol. The van der Waals surface area contributed by atoms with Crippen LogP contribution in [0.5, 0.6) is 0 Å². The molecule has 2 aromatic carbocycles. The lowest BCUT2D eigenvalue weighted by atomic mass is 10.2. The number of rotatable bonds is 8. The highest BCUT2D eigenvalue weighted by Crippen LogP contribution is 2.19. The van der Waals surface area contributed by atoms with Crippen LogP contribution in [0, 0.1) is 15.9 Å². The molecule has 4 N–H and O–H groups in total. The molecule has 0 fully saturated rings. The summed E-state index contributed by atoms with van der Waals surface area (Å²) in [6.07, 6.45) is 1.27. The van der Waals surface area contributed by atoms with Crippen molar-refractivity contribution in [3.8, 4) is 0 Å². The summed E-state index contributed by atoms with van der Waals surface area (Å²) in [5.74, 6) is 5.16. The molecule has 0 radical (unpaired) electrons.